The van der Waals surface area contributed by atoms with Gasteiger partial charge in [0, 0.05) is 54.3 Å². The number of aliphatic carboxylic acids is 2. The summed E-state index contributed by atoms with van der Waals surface area (Å²) in [5.74, 6) is -2.72. The summed E-state index contributed by atoms with van der Waals surface area (Å²) in [7, 11) is 5.02. The Bertz CT molecular complexity index is 1830. The Balaban J connectivity index is 0.000000886. The van der Waals surface area contributed by atoms with Crippen LogP contribution in [0.2, 0.25) is 0 Å². The molecule has 0 saturated carbocycles. The monoisotopic (exact) mass is 805 g/mol. The highest BCUT2D eigenvalue weighted by atomic mass is 16.4. The average molecular weight is 806 g/mol. The van der Waals surface area contributed by atoms with Crippen LogP contribution in [0.5, 0.6) is 0 Å². The van der Waals surface area contributed by atoms with Gasteiger partial charge < -0.3 is 30.0 Å². The van der Waals surface area contributed by atoms with Crippen LogP contribution in [0.3, 0.4) is 0 Å². The first-order valence-corrected chi connectivity index (χ1v) is 18.6. The minimum Gasteiger partial charge on any atom is -0.481 e. The van der Waals surface area contributed by atoms with Gasteiger partial charge in [0.25, 0.3) is 5.97 Å². The highest BCUT2D eigenvalue weighted by molar-refractivity contribution is 5.96. The first-order valence-electron chi connectivity index (χ1n) is 18.6. The van der Waals surface area contributed by atoms with Crippen molar-refractivity contribution in [3.05, 3.63) is 168 Å². The molecule has 4 aromatic rings. The van der Waals surface area contributed by atoms with E-state index in [1.54, 1.807) is 56.1 Å². The predicted molar refractivity (Wildman–Crippen MR) is 238 cm³/mol. The second kappa shape index (κ2) is 30.3. The van der Waals surface area contributed by atoms with Gasteiger partial charge in [0.15, 0.2) is 0 Å². The zero-order chi connectivity index (χ0) is 44.8. The number of amides is 3. The summed E-state index contributed by atoms with van der Waals surface area (Å²) in [6.07, 6.45) is 6.52. The summed E-state index contributed by atoms with van der Waals surface area (Å²) in [4.78, 5) is 60.1. The van der Waals surface area contributed by atoms with Crippen molar-refractivity contribution in [3.8, 4) is 0 Å². The predicted octanol–water partition coefficient (Wildman–Crippen LogP) is 8.16. The lowest BCUT2D eigenvalue weighted by Gasteiger charge is -2.21. The molecule has 59 heavy (non-hydrogen) atoms. The first kappa shape index (κ1) is 52.2. The number of carbonyl (C=O) groups is 5. The Kier molecular flexibility index (Phi) is 26.8. The van der Waals surface area contributed by atoms with E-state index in [9.17, 15) is 19.2 Å². The summed E-state index contributed by atoms with van der Waals surface area (Å²) in [5.41, 5.74) is 7.23. The smallest absolute Gasteiger partial charge is 0.312 e. The van der Waals surface area contributed by atoms with Gasteiger partial charge in [-0.1, -0.05) is 154 Å². The van der Waals surface area contributed by atoms with Gasteiger partial charge in [-0.2, -0.15) is 0 Å². The quantitative estimate of drug-likeness (QED) is 0.108. The number of nitrogens with zero attached hydrogens (tertiary/aromatic N) is 3. The van der Waals surface area contributed by atoms with E-state index in [2.05, 4.69) is 26.3 Å². The molecule has 0 bridgehead atoms. The van der Waals surface area contributed by atoms with Crippen LogP contribution >= 0.6 is 0 Å². The molecule has 0 aromatic heterocycles. The standard InChI is InChI=1S/C23H26N2O2.C13H15NO3.C8H8.C2H4O2.C2H6O/c1-5-18-7-11-20(12-8-18)16-24(3)22(26)15-23(27)25(4)17-21-13-9-19(6-2)10-14-21;1-3-10-4-6-11(7-5-10)9-14(2)12(15)8-13(16)17;1-2-8-6-4-3-5-7-8;1-2(3)4;1-2-3/h5-14H,1-2,15-17H2,3-4H3;3-7H,1,8-9H2,2H3,(H,16,17);2-7H,1H2;1H3,(H,3,4);3H,2H2,1H3. The molecular formula is C48H59N3O8. The molecule has 0 saturated heterocycles. The molecule has 0 aliphatic carbocycles. The van der Waals surface area contributed by atoms with Gasteiger partial charge in [0.05, 0.1) is 0 Å². The Hall–Kier alpha value is -6.85. The van der Waals surface area contributed by atoms with E-state index in [0.29, 0.717) is 19.6 Å². The van der Waals surface area contributed by atoms with Gasteiger partial charge in [0.1, 0.15) is 12.8 Å². The number of aliphatic hydroxyl groups excluding tert-OH is 1. The lowest BCUT2D eigenvalue weighted by molar-refractivity contribution is -0.144. The van der Waals surface area contributed by atoms with Crippen molar-refractivity contribution in [2.75, 3.05) is 27.7 Å². The molecule has 0 atom stereocenters. The summed E-state index contributed by atoms with van der Waals surface area (Å²) in [6.45, 7) is 19.1. The Morgan fingerprint density at radius 1 is 0.492 bits per heavy atom. The summed E-state index contributed by atoms with van der Waals surface area (Å²) >= 11 is 0. The fraction of sp³-hybridized carbons (Fsp3) is 0.229. The average Bonchev–Trinajstić information content (AvgIpc) is 3.22. The van der Waals surface area contributed by atoms with Crippen LogP contribution in [0, 0.1) is 0 Å². The number of benzene rings is 4. The number of rotatable bonds is 14. The molecule has 3 amide bonds. The summed E-state index contributed by atoms with van der Waals surface area (Å²) < 4.78 is 0. The third-order valence-corrected chi connectivity index (χ3v) is 7.82. The Morgan fingerprint density at radius 3 is 0.949 bits per heavy atom. The molecule has 11 heteroatoms. The van der Waals surface area contributed by atoms with Crippen molar-refractivity contribution in [3.63, 3.8) is 0 Å². The first-order chi connectivity index (χ1) is 28.0. The molecule has 4 aromatic carbocycles. The van der Waals surface area contributed by atoms with E-state index in [0.717, 1.165) is 40.3 Å². The molecule has 0 aliphatic rings. The molecule has 3 N–H and O–H groups in total. The largest absolute Gasteiger partial charge is 0.481 e. The maximum absolute atomic E-state index is 12.4. The molecule has 314 valence electrons. The SMILES string of the molecule is C=Cc1ccc(CN(C)C(=O)CC(=O)N(C)Cc2ccc(C=C)cc2)cc1.C=Cc1ccc(CN(C)C(=O)CC(=O)O)cc1.C=Cc1ccccc1.CC(=O)O.CCO. The molecule has 0 fully saturated rings. The van der Waals surface area contributed by atoms with Crippen LogP contribution in [0.25, 0.3) is 24.3 Å². The summed E-state index contributed by atoms with van der Waals surface area (Å²) in [6, 6.07) is 33.3. The Labute approximate surface area is 349 Å². The topological polar surface area (TPSA) is 156 Å². The zero-order valence-electron chi connectivity index (χ0n) is 34.9. The molecule has 11 nitrogen and oxygen atoms in total. The van der Waals surface area contributed by atoms with Gasteiger partial charge in [0.2, 0.25) is 17.7 Å². The summed E-state index contributed by atoms with van der Waals surface area (Å²) in [5, 5.41) is 23.5. The third kappa shape index (κ3) is 24.4. The Morgan fingerprint density at radius 2 is 0.729 bits per heavy atom. The van der Waals surface area contributed by atoms with Crippen LogP contribution in [0.15, 0.2) is 129 Å². The highest BCUT2D eigenvalue weighted by Gasteiger charge is 2.18. The molecule has 0 aliphatic heterocycles. The van der Waals surface area contributed by atoms with Gasteiger partial charge in [-0.25, -0.2) is 0 Å². The molecule has 0 unspecified atom stereocenters. The van der Waals surface area contributed by atoms with E-state index in [1.165, 1.54) is 10.5 Å². The third-order valence-electron chi connectivity index (χ3n) is 7.82. The van der Waals surface area contributed by atoms with Crippen LogP contribution in [0.4, 0.5) is 0 Å². The minimum absolute atomic E-state index is 0.136. The fourth-order valence-corrected chi connectivity index (χ4v) is 4.62. The van der Waals surface area contributed by atoms with Crippen LogP contribution in [-0.4, -0.2) is 87.4 Å². The second-order valence-corrected chi connectivity index (χ2v) is 12.8. The van der Waals surface area contributed by atoms with E-state index in [4.69, 9.17) is 20.1 Å². The minimum atomic E-state index is -1.11. The van der Waals surface area contributed by atoms with Gasteiger partial charge >= 0.3 is 5.97 Å². The van der Waals surface area contributed by atoms with Crippen molar-refractivity contribution in [1.82, 2.24) is 14.7 Å². The van der Waals surface area contributed by atoms with Crippen molar-refractivity contribution in [2.45, 2.75) is 46.3 Å². The molecule has 4 rings (SSSR count). The number of carboxylic acid groups (broad SMARTS) is 2. The lowest BCUT2D eigenvalue weighted by atomic mass is 10.1. The van der Waals surface area contributed by atoms with E-state index in [-0.39, 0.29) is 24.8 Å². The van der Waals surface area contributed by atoms with E-state index in [1.807, 2.05) is 109 Å². The second-order valence-electron chi connectivity index (χ2n) is 12.8. The van der Waals surface area contributed by atoms with Crippen molar-refractivity contribution >= 4 is 54.0 Å². The maximum atomic E-state index is 12.4. The van der Waals surface area contributed by atoms with Gasteiger partial charge in [-0.15, -0.1) is 0 Å². The molecule has 0 heterocycles. The highest BCUT2D eigenvalue weighted by Crippen LogP contribution is 2.12. The molecule has 0 radical (unpaired) electrons. The number of carboxylic acids is 2. The van der Waals surface area contributed by atoms with Gasteiger partial charge in [-0.3, -0.25) is 24.0 Å². The van der Waals surface area contributed by atoms with Gasteiger partial charge in [-0.05, 0) is 45.9 Å². The van der Waals surface area contributed by atoms with E-state index < -0.39 is 24.3 Å². The molecule has 0 spiro atoms. The maximum Gasteiger partial charge on any atom is 0.312 e. The van der Waals surface area contributed by atoms with E-state index >= 15 is 0 Å². The van der Waals surface area contributed by atoms with Crippen LogP contribution in [0.1, 0.15) is 65.6 Å². The van der Waals surface area contributed by atoms with Crippen LogP contribution in [-0.2, 0) is 43.6 Å². The molecular weight excluding hydrogens is 747 g/mol. The fourth-order valence-electron chi connectivity index (χ4n) is 4.62. The van der Waals surface area contributed by atoms with Crippen molar-refractivity contribution < 1.29 is 39.3 Å². The normalized spacial score (nSPS) is 9.32. The zero-order valence-corrected chi connectivity index (χ0v) is 34.9. The van der Waals surface area contributed by atoms with Crippen molar-refractivity contribution in [1.29, 1.82) is 0 Å². The number of hydrogen-bond acceptors (Lipinski definition) is 6. The van der Waals surface area contributed by atoms with Crippen molar-refractivity contribution in [2.24, 2.45) is 0 Å². The van der Waals surface area contributed by atoms with Crippen LogP contribution < -0.4 is 0 Å². The number of hydrogen-bond donors (Lipinski definition) is 3. The number of aliphatic hydroxyl groups is 1. The lowest BCUT2D eigenvalue weighted by Crippen LogP contribution is -2.34. The number of carbonyl (C=O) groups excluding carboxylic acids is 3.